The molecule has 0 fully saturated rings. The molecule has 1 amide bonds. The lowest BCUT2D eigenvalue weighted by molar-refractivity contribution is -0.119. The summed E-state index contributed by atoms with van der Waals surface area (Å²) in [7, 11) is -1.38. The van der Waals surface area contributed by atoms with E-state index in [1.54, 1.807) is 0 Å². The van der Waals surface area contributed by atoms with E-state index >= 15 is 0 Å². The summed E-state index contributed by atoms with van der Waals surface area (Å²) < 4.78 is 17.1. The summed E-state index contributed by atoms with van der Waals surface area (Å²) in [5.74, 6) is 0.776. The first kappa shape index (κ1) is 17.3. The van der Waals surface area contributed by atoms with Crippen molar-refractivity contribution in [3.05, 3.63) is 47.6 Å². The van der Waals surface area contributed by atoms with Crippen LogP contribution in [0.3, 0.4) is 0 Å². The Kier molecular flexibility index (Phi) is 6.04. The van der Waals surface area contributed by atoms with Gasteiger partial charge in [-0.1, -0.05) is 49.3 Å². The van der Waals surface area contributed by atoms with Gasteiger partial charge >= 0.3 is 0 Å². The molecule has 0 aliphatic heterocycles. The number of amides is 1. The zero-order chi connectivity index (χ0) is 16.8. The van der Waals surface area contributed by atoms with Crippen LogP contribution in [-0.4, -0.2) is 26.0 Å². The summed E-state index contributed by atoms with van der Waals surface area (Å²) in [4.78, 5) is 16.1. The molecule has 0 saturated heterocycles. The predicted octanol–water partition coefficient (Wildman–Crippen LogP) is 2.32. The van der Waals surface area contributed by atoms with Crippen LogP contribution in [-0.2, 0) is 21.3 Å². The van der Waals surface area contributed by atoms with Gasteiger partial charge in [0.25, 0.3) is 0 Å². The lowest BCUT2D eigenvalue weighted by Gasteiger charge is -2.13. The van der Waals surface area contributed by atoms with Crippen LogP contribution in [0.1, 0.15) is 50.0 Å². The highest BCUT2D eigenvalue weighted by Gasteiger charge is 2.16. The lowest BCUT2D eigenvalue weighted by Crippen LogP contribution is -2.31. The number of carbonyl (C=O) groups excluding carboxylic acids is 1. The number of nitrogens with zero attached hydrogens (tertiary/aromatic N) is 2. The summed E-state index contributed by atoms with van der Waals surface area (Å²) in [6, 6.07) is 9.50. The standard InChI is InChI=1S/C16H21N3O3S/c1-11(2)16-18-15(22-19-16)10-23(21)9-14(20)17-12(3)13-7-5-4-6-8-13/h4-8,11-12H,9-10H2,1-3H3,(H,17,20). The fourth-order valence-electron chi connectivity index (χ4n) is 2.00. The zero-order valence-corrected chi connectivity index (χ0v) is 14.3. The molecule has 2 atom stereocenters. The van der Waals surface area contributed by atoms with Gasteiger partial charge in [-0.05, 0) is 12.5 Å². The smallest absolute Gasteiger partial charge is 0.239 e. The van der Waals surface area contributed by atoms with E-state index in [4.69, 9.17) is 4.52 Å². The van der Waals surface area contributed by atoms with Crippen molar-refractivity contribution in [2.45, 2.75) is 38.5 Å². The van der Waals surface area contributed by atoms with Crippen LogP contribution in [0, 0.1) is 0 Å². The molecule has 6 nitrogen and oxygen atoms in total. The average Bonchev–Trinajstić information content (AvgIpc) is 2.96. The van der Waals surface area contributed by atoms with Gasteiger partial charge in [0.05, 0.1) is 6.04 Å². The van der Waals surface area contributed by atoms with E-state index in [-0.39, 0.29) is 29.4 Å². The van der Waals surface area contributed by atoms with Crippen molar-refractivity contribution in [1.29, 1.82) is 0 Å². The monoisotopic (exact) mass is 335 g/mol. The SMILES string of the molecule is CC(C)c1noc(CS(=O)CC(=O)NC(C)c2ccccc2)n1. The van der Waals surface area contributed by atoms with E-state index in [1.807, 2.05) is 51.1 Å². The van der Waals surface area contributed by atoms with Crippen molar-refractivity contribution in [2.75, 3.05) is 5.75 Å². The highest BCUT2D eigenvalue weighted by Crippen LogP contribution is 2.12. The largest absolute Gasteiger partial charge is 0.349 e. The van der Waals surface area contributed by atoms with E-state index in [2.05, 4.69) is 15.5 Å². The summed E-state index contributed by atoms with van der Waals surface area (Å²) in [6.45, 7) is 5.79. The Hall–Kier alpha value is -2.02. The quantitative estimate of drug-likeness (QED) is 0.839. The molecule has 124 valence electrons. The molecule has 0 aliphatic rings. The van der Waals surface area contributed by atoms with Crippen LogP contribution in [0.5, 0.6) is 0 Å². The molecule has 2 aromatic rings. The van der Waals surface area contributed by atoms with Crippen LogP contribution in [0.4, 0.5) is 0 Å². The summed E-state index contributed by atoms with van der Waals surface area (Å²) in [6.07, 6.45) is 0. The van der Waals surface area contributed by atoms with Gasteiger partial charge in [0.15, 0.2) is 5.82 Å². The van der Waals surface area contributed by atoms with Gasteiger partial charge < -0.3 is 9.84 Å². The first-order valence-electron chi connectivity index (χ1n) is 7.47. The second kappa shape index (κ2) is 8.01. The van der Waals surface area contributed by atoms with Crippen molar-refractivity contribution in [3.63, 3.8) is 0 Å². The normalized spacial score (nSPS) is 13.7. The van der Waals surface area contributed by atoms with Crippen LogP contribution in [0.2, 0.25) is 0 Å². The Labute approximate surface area is 138 Å². The van der Waals surface area contributed by atoms with Gasteiger partial charge in [0.2, 0.25) is 11.8 Å². The molecule has 1 heterocycles. The number of nitrogens with one attached hydrogen (secondary N) is 1. The van der Waals surface area contributed by atoms with Gasteiger partial charge in [-0.15, -0.1) is 0 Å². The molecule has 0 spiro atoms. The van der Waals surface area contributed by atoms with Crippen molar-refractivity contribution < 1.29 is 13.5 Å². The predicted molar refractivity (Wildman–Crippen MR) is 88.1 cm³/mol. The molecule has 0 aliphatic carbocycles. The molecule has 2 unspecified atom stereocenters. The summed E-state index contributed by atoms with van der Waals surface area (Å²) in [5.41, 5.74) is 1.00. The Balaban J connectivity index is 1.83. The molecule has 0 saturated carbocycles. The molecule has 1 N–H and O–H groups in total. The van der Waals surface area contributed by atoms with Gasteiger partial charge in [0.1, 0.15) is 11.5 Å². The second-order valence-electron chi connectivity index (χ2n) is 5.63. The summed E-state index contributed by atoms with van der Waals surface area (Å²) >= 11 is 0. The number of carbonyl (C=O) groups is 1. The first-order valence-corrected chi connectivity index (χ1v) is 8.96. The third-order valence-corrected chi connectivity index (χ3v) is 4.41. The Bertz CT molecular complexity index is 670. The highest BCUT2D eigenvalue weighted by atomic mass is 32.2. The topological polar surface area (TPSA) is 85.1 Å². The molecule has 23 heavy (non-hydrogen) atoms. The van der Waals surface area contributed by atoms with Crippen molar-refractivity contribution in [2.24, 2.45) is 0 Å². The van der Waals surface area contributed by atoms with Crippen LogP contribution < -0.4 is 5.32 Å². The van der Waals surface area contributed by atoms with Crippen LogP contribution in [0.15, 0.2) is 34.9 Å². The molecular formula is C16H21N3O3S. The highest BCUT2D eigenvalue weighted by molar-refractivity contribution is 7.84. The van der Waals surface area contributed by atoms with E-state index in [9.17, 15) is 9.00 Å². The van der Waals surface area contributed by atoms with Crippen LogP contribution >= 0.6 is 0 Å². The Morgan fingerprint density at radius 2 is 1.96 bits per heavy atom. The molecular weight excluding hydrogens is 314 g/mol. The van der Waals surface area contributed by atoms with Crippen molar-refractivity contribution >= 4 is 16.7 Å². The first-order chi connectivity index (χ1) is 11.0. The third-order valence-electron chi connectivity index (χ3n) is 3.25. The minimum Gasteiger partial charge on any atom is -0.349 e. The van der Waals surface area contributed by atoms with Crippen molar-refractivity contribution in [3.8, 4) is 0 Å². The molecule has 0 radical (unpaired) electrons. The third kappa shape index (κ3) is 5.28. The van der Waals surface area contributed by atoms with Crippen LogP contribution in [0.25, 0.3) is 0 Å². The fourth-order valence-corrected chi connectivity index (χ4v) is 2.87. The second-order valence-corrected chi connectivity index (χ2v) is 7.09. The van der Waals surface area contributed by atoms with Gasteiger partial charge in [-0.25, -0.2) is 0 Å². The Morgan fingerprint density at radius 3 is 2.57 bits per heavy atom. The molecule has 1 aromatic heterocycles. The van der Waals surface area contributed by atoms with Crippen molar-refractivity contribution in [1.82, 2.24) is 15.5 Å². The fraction of sp³-hybridized carbons (Fsp3) is 0.438. The summed E-state index contributed by atoms with van der Waals surface area (Å²) in [5, 5.41) is 6.65. The minimum absolute atomic E-state index is 0.0867. The van der Waals surface area contributed by atoms with Gasteiger partial charge in [-0.3, -0.25) is 9.00 Å². The van der Waals surface area contributed by atoms with E-state index in [1.165, 1.54) is 0 Å². The van der Waals surface area contributed by atoms with E-state index in [0.717, 1.165) is 5.56 Å². The minimum atomic E-state index is -1.38. The lowest BCUT2D eigenvalue weighted by atomic mass is 10.1. The average molecular weight is 335 g/mol. The molecule has 1 aromatic carbocycles. The number of hydrogen-bond acceptors (Lipinski definition) is 5. The Morgan fingerprint density at radius 1 is 1.26 bits per heavy atom. The molecule has 0 bridgehead atoms. The van der Waals surface area contributed by atoms with Gasteiger partial charge in [0, 0.05) is 16.7 Å². The number of aromatic nitrogens is 2. The van der Waals surface area contributed by atoms with E-state index in [0.29, 0.717) is 11.7 Å². The zero-order valence-electron chi connectivity index (χ0n) is 13.5. The maximum atomic E-state index is 12.0. The number of rotatable bonds is 7. The molecule has 7 heteroatoms. The maximum Gasteiger partial charge on any atom is 0.239 e. The number of benzene rings is 1. The van der Waals surface area contributed by atoms with E-state index < -0.39 is 10.8 Å². The maximum absolute atomic E-state index is 12.0. The number of hydrogen-bond donors (Lipinski definition) is 1. The van der Waals surface area contributed by atoms with Gasteiger partial charge in [-0.2, -0.15) is 4.98 Å². The molecule has 2 rings (SSSR count).